The fourth-order valence-electron chi connectivity index (χ4n) is 3.97. The number of aryl methyl sites for hydroxylation is 2. The van der Waals surface area contributed by atoms with Crippen LogP contribution in [0.5, 0.6) is 0 Å². The summed E-state index contributed by atoms with van der Waals surface area (Å²) in [6.45, 7) is 2.29. The van der Waals surface area contributed by atoms with E-state index in [9.17, 15) is 29.2 Å². The Labute approximate surface area is 193 Å². The van der Waals surface area contributed by atoms with Crippen molar-refractivity contribution in [3.8, 4) is 0 Å². The van der Waals surface area contributed by atoms with Crippen LogP contribution in [0, 0.1) is 22.9 Å². The summed E-state index contributed by atoms with van der Waals surface area (Å²) in [5.41, 5.74) is 0.502. The van der Waals surface area contributed by atoms with Crippen LogP contribution in [0.1, 0.15) is 29.2 Å². The molecular weight excluding hydrogens is 443 g/mol. The van der Waals surface area contributed by atoms with Crippen molar-refractivity contribution in [2.24, 2.45) is 0 Å². The molecule has 2 heterocycles. The molecule has 1 aliphatic heterocycles. The highest BCUT2D eigenvalue weighted by Gasteiger charge is 2.45. The molecule has 1 atom stereocenters. The number of likely N-dealkylation sites (tertiary alicyclic amines) is 1. The molecule has 2 aromatic carbocycles. The number of carbonyl (C=O) groups is 2. The molecule has 174 valence electrons. The van der Waals surface area contributed by atoms with Gasteiger partial charge in [-0.25, -0.2) is 9.37 Å². The highest BCUT2D eigenvalue weighted by Crippen LogP contribution is 2.40. The quantitative estimate of drug-likeness (QED) is 0.187. The van der Waals surface area contributed by atoms with Crippen molar-refractivity contribution in [3.63, 3.8) is 0 Å². The second-order valence-electron chi connectivity index (χ2n) is 7.96. The van der Waals surface area contributed by atoms with E-state index in [1.165, 1.54) is 41.3 Å². The van der Waals surface area contributed by atoms with Crippen LogP contribution in [0.4, 0.5) is 10.1 Å². The summed E-state index contributed by atoms with van der Waals surface area (Å²) in [6.07, 6.45) is 5.53. The topological polar surface area (TPSA) is 119 Å². The van der Waals surface area contributed by atoms with Crippen molar-refractivity contribution >= 4 is 23.1 Å². The number of nitrogens with zero attached hydrogens (tertiary/aromatic N) is 4. The molecule has 1 aromatic heterocycles. The summed E-state index contributed by atoms with van der Waals surface area (Å²) in [4.78, 5) is 41.8. The molecule has 10 heteroatoms. The molecule has 1 N–H and O–H groups in total. The maximum absolute atomic E-state index is 14.2. The first kappa shape index (κ1) is 22.8. The zero-order valence-electron chi connectivity index (χ0n) is 18.2. The van der Waals surface area contributed by atoms with Gasteiger partial charge in [-0.15, -0.1) is 0 Å². The number of hydrogen-bond donors (Lipinski definition) is 1. The number of non-ortho nitro benzene ring substituents is 1. The molecule has 4 rings (SSSR count). The number of nitro benzene ring substituents is 1. The number of halogens is 1. The first-order chi connectivity index (χ1) is 16.3. The first-order valence-corrected chi connectivity index (χ1v) is 10.5. The van der Waals surface area contributed by atoms with E-state index >= 15 is 0 Å². The lowest BCUT2D eigenvalue weighted by Crippen LogP contribution is -2.31. The third kappa shape index (κ3) is 4.29. The summed E-state index contributed by atoms with van der Waals surface area (Å²) >= 11 is 0. The predicted molar refractivity (Wildman–Crippen MR) is 120 cm³/mol. The van der Waals surface area contributed by atoms with Crippen molar-refractivity contribution in [2.75, 3.05) is 6.54 Å². The highest BCUT2D eigenvalue weighted by molar-refractivity contribution is 6.46. The Balaban J connectivity index is 1.76. The molecule has 0 saturated carbocycles. The standard InChI is InChI=1S/C24H21FN4O5/c1-15-3-4-17(13-19(15)25)22(30)20-21(16-5-7-18(8-6-16)29(33)34)28(24(32)23(20)31)11-2-10-27-12-9-26-14-27/h3-9,12-14,21,30H,2,10-11H2,1H3. The minimum atomic E-state index is -0.979. The Morgan fingerprint density at radius 3 is 2.53 bits per heavy atom. The smallest absolute Gasteiger partial charge is 0.295 e. The van der Waals surface area contributed by atoms with Gasteiger partial charge in [0.15, 0.2) is 0 Å². The number of ketones is 1. The van der Waals surface area contributed by atoms with Crippen LogP contribution in [0.25, 0.3) is 5.76 Å². The minimum absolute atomic E-state index is 0.0615. The lowest BCUT2D eigenvalue weighted by molar-refractivity contribution is -0.384. The molecule has 9 nitrogen and oxygen atoms in total. The van der Waals surface area contributed by atoms with E-state index in [2.05, 4.69) is 4.98 Å². The fourth-order valence-corrected chi connectivity index (χ4v) is 3.97. The van der Waals surface area contributed by atoms with Crippen LogP contribution in [-0.2, 0) is 16.1 Å². The van der Waals surface area contributed by atoms with Crippen LogP contribution in [0.15, 0.2) is 66.8 Å². The van der Waals surface area contributed by atoms with Gasteiger partial charge in [-0.2, -0.15) is 0 Å². The molecule has 0 aliphatic carbocycles. The lowest BCUT2D eigenvalue weighted by atomic mass is 9.94. The van der Waals surface area contributed by atoms with Gasteiger partial charge in [0.1, 0.15) is 11.6 Å². The Kier molecular flexibility index (Phi) is 6.22. The van der Waals surface area contributed by atoms with E-state index < -0.39 is 34.2 Å². The van der Waals surface area contributed by atoms with Gasteiger partial charge in [0.05, 0.1) is 22.9 Å². The average Bonchev–Trinajstić information content (AvgIpc) is 3.43. The number of rotatable bonds is 7. The Morgan fingerprint density at radius 2 is 1.91 bits per heavy atom. The van der Waals surface area contributed by atoms with Gasteiger partial charge in [-0.3, -0.25) is 19.7 Å². The number of Topliss-reactive ketones (excluding diaryl/α,β-unsaturated/α-hetero) is 1. The molecule has 0 spiro atoms. The number of aliphatic hydroxyl groups is 1. The number of imidazole rings is 1. The number of aromatic nitrogens is 2. The summed E-state index contributed by atoms with van der Waals surface area (Å²) in [7, 11) is 0. The molecule has 1 amide bonds. The zero-order chi connectivity index (χ0) is 24.4. The highest BCUT2D eigenvalue weighted by atomic mass is 19.1. The molecule has 1 saturated heterocycles. The van der Waals surface area contributed by atoms with Gasteiger partial charge in [-0.1, -0.05) is 12.1 Å². The van der Waals surface area contributed by atoms with Gasteiger partial charge < -0.3 is 14.6 Å². The summed E-state index contributed by atoms with van der Waals surface area (Å²) in [6, 6.07) is 8.48. The van der Waals surface area contributed by atoms with Gasteiger partial charge >= 0.3 is 0 Å². The van der Waals surface area contributed by atoms with Crippen LogP contribution < -0.4 is 0 Å². The summed E-state index contributed by atoms with van der Waals surface area (Å²) < 4.78 is 16.0. The average molecular weight is 464 g/mol. The Hall–Kier alpha value is -4.34. The molecule has 34 heavy (non-hydrogen) atoms. The first-order valence-electron chi connectivity index (χ1n) is 10.5. The van der Waals surface area contributed by atoms with E-state index in [4.69, 9.17) is 0 Å². The summed E-state index contributed by atoms with van der Waals surface area (Å²) in [5, 5.41) is 22.1. The van der Waals surface area contributed by atoms with E-state index in [0.717, 1.165) is 6.07 Å². The third-order valence-corrected chi connectivity index (χ3v) is 5.78. The molecule has 1 aliphatic rings. The monoisotopic (exact) mass is 464 g/mol. The Morgan fingerprint density at radius 1 is 1.18 bits per heavy atom. The molecule has 1 fully saturated rings. The molecular formula is C24H21FN4O5. The number of hydrogen-bond acceptors (Lipinski definition) is 6. The van der Waals surface area contributed by atoms with Crippen molar-refractivity contribution in [1.82, 2.24) is 14.5 Å². The number of nitro groups is 1. The molecule has 1 unspecified atom stereocenters. The number of benzene rings is 2. The van der Waals surface area contributed by atoms with Gasteiger partial charge in [0.2, 0.25) is 0 Å². The summed E-state index contributed by atoms with van der Waals surface area (Å²) in [5.74, 6) is -2.77. The minimum Gasteiger partial charge on any atom is -0.507 e. The van der Waals surface area contributed by atoms with E-state index in [0.29, 0.717) is 24.1 Å². The van der Waals surface area contributed by atoms with Crippen molar-refractivity contribution in [3.05, 3.63) is 99.4 Å². The van der Waals surface area contributed by atoms with Crippen LogP contribution in [0.2, 0.25) is 0 Å². The second kappa shape index (κ2) is 9.26. The maximum Gasteiger partial charge on any atom is 0.295 e. The SMILES string of the molecule is Cc1ccc(C(O)=C2C(=O)C(=O)N(CCCn3ccnc3)C2c2ccc([N+](=O)[O-])cc2)cc1F. The van der Waals surface area contributed by atoms with E-state index in [-0.39, 0.29) is 23.4 Å². The van der Waals surface area contributed by atoms with Crippen molar-refractivity contribution in [1.29, 1.82) is 0 Å². The zero-order valence-corrected chi connectivity index (χ0v) is 18.2. The fraction of sp³-hybridized carbons (Fsp3) is 0.208. The largest absolute Gasteiger partial charge is 0.507 e. The number of aliphatic hydroxyl groups excluding tert-OH is 1. The lowest BCUT2D eigenvalue weighted by Gasteiger charge is -2.25. The van der Waals surface area contributed by atoms with Crippen molar-refractivity contribution < 1.29 is 24.0 Å². The third-order valence-electron chi connectivity index (χ3n) is 5.78. The molecule has 0 radical (unpaired) electrons. The predicted octanol–water partition coefficient (Wildman–Crippen LogP) is 3.75. The number of carbonyl (C=O) groups excluding carboxylic acids is 2. The van der Waals surface area contributed by atoms with Gasteiger partial charge in [0, 0.05) is 43.2 Å². The van der Waals surface area contributed by atoms with E-state index in [1.54, 1.807) is 25.6 Å². The van der Waals surface area contributed by atoms with Gasteiger partial charge in [-0.05, 0) is 42.7 Å². The number of amides is 1. The van der Waals surface area contributed by atoms with Crippen LogP contribution in [0.3, 0.4) is 0 Å². The van der Waals surface area contributed by atoms with Crippen LogP contribution >= 0.6 is 0 Å². The van der Waals surface area contributed by atoms with E-state index in [1.807, 2.05) is 4.57 Å². The second-order valence-corrected chi connectivity index (χ2v) is 7.96. The van der Waals surface area contributed by atoms with Crippen LogP contribution in [-0.4, -0.2) is 42.7 Å². The normalized spacial score (nSPS) is 17.4. The van der Waals surface area contributed by atoms with Gasteiger partial charge in [0.25, 0.3) is 17.4 Å². The molecule has 0 bridgehead atoms. The van der Waals surface area contributed by atoms with Crippen molar-refractivity contribution in [2.45, 2.75) is 25.9 Å². The molecule has 3 aromatic rings. The maximum atomic E-state index is 14.2. The Bertz CT molecular complexity index is 1290.